The summed E-state index contributed by atoms with van der Waals surface area (Å²) < 4.78 is 10.6. The highest BCUT2D eigenvalue weighted by Crippen LogP contribution is 2.28. The molecule has 0 aromatic heterocycles. The Morgan fingerprint density at radius 3 is 2.69 bits per heavy atom. The lowest BCUT2D eigenvalue weighted by Crippen LogP contribution is -2.48. The van der Waals surface area contributed by atoms with E-state index in [-0.39, 0.29) is 17.6 Å². The van der Waals surface area contributed by atoms with Gasteiger partial charge in [-0.1, -0.05) is 0 Å². The van der Waals surface area contributed by atoms with Gasteiger partial charge < -0.3 is 14.8 Å². The van der Waals surface area contributed by atoms with Gasteiger partial charge in [0.25, 0.3) is 0 Å². The van der Waals surface area contributed by atoms with Crippen LogP contribution in [0.4, 0.5) is 0 Å². The van der Waals surface area contributed by atoms with Gasteiger partial charge in [-0.15, -0.1) is 0 Å². The van der Waals surface area contributed by atoms with Crippen LogP contribution in [0.2, 0.25) is 0 Å². The number of rotatable bonds is 4. The summed E-state index contributed by atoms with van der Waals surface area (Å²) in [6.07, 6.45) is 6.28. The second-order valence-electron chi connectivity index (χ2n) is 3.91. The molecule has 0 amide bonds. The van der Waals surface area contributed by atoms with Crippen LogP contribution in [0.3, 0.4) is 0 Å². The van der Waals surface area contributed by atoms with Crippen molar-refractivity contribution in [3.05, 3.63) is 24.0 Å². The van der Waals surface area contributed by atoms with Crippen molar-refractivity contribution in [2.45, 2.75) is 31.9 Å². The summed E-state index contributed by atoms with van der Waals surface area (Å²) in [6.45, 7) is 3.45. The van der Waals surface area contributed by atoms with Crippen molar-refractivity contribution >= 4 is 5.97 Å². The Kier molecular flexibility index (Phi) is 4.26. The molecule has 0 fully saturated rings. The van der Waals surface area contributed by atoms with Gasteiger partial charge in [0.2, 0.25) is 0 Å². The number of likely N-dealkylation sites (N-methyl/N-ethyl adjacent to an activating group) is 1. The Morgan fingerprint density at radius 2 is 2.31 bits per heavy atom. The highest BCUT2D eigenvalue weighted by Gasteiger charge is 2.34. The molecule has 1 N–H and O–H groups in total. The maximum Gasteiger partial charge on any atom is 0.308 e. The van der Waals surface area contributed by atoms with Crippen LogP contribution >= 0.6 is 0 Å². The second-order valence-corrected chi connectivity index (χ2v) is 3.91. The number of carbonyl (C=O) groups is 1. The minimum absolute atomic E-state index is 0.184. The number of nitrogens with one attached hydrogen (secondary N) is 1. The molecule has 4 heteroatoms. The van der Waals surface area contributed by atoms with Gasteiger partial charge in [-0.2, -0.15) is 0 Å². The second kappa shape index (κ2) is 5.27. The van der Waals surface area contributed by atoms with Crippen molar-refractivity contribution in [1.29, 1.82) is 0 Å². The summed E-state index contributed by atoms with van der Waals surface area (Å²) in [4.78, 5) is 10.8. The molecule has 1 aliphatic rings. The molecule has 16 heavy (non-hydrogen) atoms. The smallest absolute Gasteiger partial charge is 0.308 e. The van der Waals surface area contributed by atoms with Gasteiger partial charge in [0.15, 0.2) is 0 Å². The monoisotopic (exact) mass is 225 g/mol. The standard InChI is InChI=1S/C12H19NO3/c1-9(13-3)12(15-4)7-5-11(6-8-12)16-10(2)14/h5-7,9,13H,8H2,1-4H3/t9?,12-/m0/s1. The predicted octanol–water partition coefficient (Wildman–Crippen LogP) is 1.39. The zero-order valence-electron chi connectivity index (χ0n) is 10.2. The van der Waals surface area contributed by atoms with Crippen molar-refractivity contribution in [2.75, 3.05) is 14.2 Å². The van der Waals surface area contributed by atoms with E-state index in [4.69, 9.17) is 9.47 Å². The van der Waals surface area contributed by atoms with E-state index in [1.807, 2.05) is 19.2 Å². The van der Waals surface area contributed by atoms with Crippen LogP contribution < -0.4 is 5.32 Å². The minimum Gasteiger partial charge on any atom is -0.427 e. The predicted molar refractivity (Wildman–Crippen MR) is 61.9 cm³/mol. The van der Waals surface area contributed by atoms with Crippen molar-refractivity contribution < 1.29 is 14.3 Å². The molecule has 0 aromatic carbocycles. The highest BCUT2D eigenvalue weighted by atomic mass is 16.5. The molecule has 1 unspecified atom stereocenters. The number of carbonyl (C=O) groups excluding carboxylic acids is 1. The van der Waals surface area contributed by atoms with Crippen molar-refractivity contribution in [2.24, 2.45) is 0 Å². The topological polar surface area (TPSA) is 47.6 Å². The van der Waals surface area contributed by atoms with Crippen LogP contribution in [0.1, 0.15) is 20.3 Å². The Morgan fingerprint density at radius 1 is 1.62 bits per heavy atom. The normalized spacial score (nSPS) is 26.1. The first-order valence-electron chi connectivity index (χ1n) is 5.34. The molecule has 2 atom stereocenters. The van der Waals surface area contributed by atoms with Crippen LogP contribution in [0.15, 0.2) is 24.0 Å². The molecule has 1 aliphatic carbocycles. The van der Waals surface area contributed by atoms with E-state index in [1.165, 1.54) is 6.92 Å². The van der Waals surface area contributed by atoms with Crippen LogP contribution in [0.5, 0.6) is 0 Å². The summed E-state index contributed by atoms with van der Waals surface area (Å²) >= 11 is 0. The molecule has 0 bridgehead atoms. The van der Waals surface area contributed by atoms with E-state index >= 15 is 0 Å². The van der Waals surface area contributed by atoms with E-state index in [0.29, 0.717) is 12.2 Å². The molecular formula is C12H19NO3. The third-order valence-corrected chi connectivity index (χ3v) is 2.96. The van der Waals surface area contributed by atoms with Gasteiger partial charge >= 0.3 is 5.97 Å². The van der Waals surface area contributed by atoms with Gasteiger partial charge in [-0.05, 0) is 32.2 Å². The molecule has 0 aliphatic heterocycles. The van der Waals surface area contributed by atoms with Crippen LogP contribution in [-0.2, 0) is 14.3 Å². The van der Waals surface area contributed by atoms with Crippen molar-refractivity contribution in [1.82, 2.24) is 5.32 Å². The van der Waals surface area contributed by atoms with Crippen molar-refractivity contribution in [3.63, 3.8) is 0 Å². The number of esters is 1. The quantitative estimate of drug-likeness (QED) is 0.734. The number of allylic oxidation sites excluding steroid dienone is 1. The summed E-state index contributed by atoms with van der Waals surface area (Å²) in [7, 11) is 3.58. The van der Waals surface area contributed by atoms with E-state index in [1.54, 1.807) is 13.2 Å². The van der Waals surface area contributed by atoms with Gasteiger partial charge in [-0.3, -0.25) is 4.79 Å². The third kappa shape index (κ3) is 2.71. The lowest BCUT2D eigenvalue weighted by atomic mass is 9.87. The maximum atomic E-state index is 10.8. The van der Waals surface area contributed by atoms with E-state index in [0.717, 1.165) is 0 Å². The summed E-state index contributed by atoms with van der Waals surface area (Å²) in [6, 6.07) is 0.184. The average Bonchev–Trinajstić information content (AvgIpc) is 2.28. The molecule has 90 valence electrons. The molecule has 0 heterocycles. The molecule has 4 nitrogen and oxygen atoms in total. The minimum atomic E-state index is -0.363. The molecular weight excluding hydrogens is 206 g/mol. The van der Waals surface area contributed by atoms with Crippen LogP contribution in [0, 0.1) is 0 Å². The number of hydrogen-bond donors (Lipinski definition) is 1. The van der Waals surface area contributed by atoms with E-state index < -0.39 is 0 Å². The summed E-state index contributed by atoms with van der Waals surface area (Å²) in [5, 5.41) is 3.17. The first-order chi connectivity index (χ1) is 7.54. The first kappa shape index (κ1) is 12.9. The van der Waals surface area contributed by atoms with Gasteiger partial charge in [0.1, 0.15) is 11.4 Å². The Balaban J connectivity index is 2.75. The zero-order valence-corrected chi connectivity index (χ0v) is 10.2. The fourth-order valence-corrected chi connectivity index (χ4v) is 1.75. The fourth-order valence-electron chi connectivity index (χ4n) is 1.75. The SMILES string of the molecule is CNC(C)[C@]1(OC)C=CC(OC(C)=O)=CC1. The molecule has 1 rings (SSSR count). The van der Waals surface area contributed by atoms with Gasteiger partial charge in [0.05, 0.1) is 0 Å². The maximum absolute atomic E-state index is 10.8. The van der Waals surface area contributed by atoms with Crippen LogP contribution in [-0.4, -0.2) is 31.8 Å². The summed E-state index contributed by atoms with van der Waals surface area (Å²) in [5.74, 6) is 0.283. The van der Waals surface area contributed by atoms with Crippen molar-refractivity contribution in [3.8, 4) is 0 Å². The van der Waals surface area contributed by atoms with Gasteiger partial charge in [-0.25, -0.2) is 0 Å². The molecule has 0 radical (unpaired) electrons. The lowest BCUT2D eigenvalue weighted by Gasteiger charge is -2.36. The number of methoxy groups -OCH3 is 1. The third-order valence-electron chi connectivity index (χ3n) is 2.96. The van der Waals surface area contributed by atoms with E-state index in [2.05, 4.69) is 12.2 Å². The molecule has 0 saturated heterocycles. The highest BCUT2D eigenvalue weighted by molar-refractivity contribution is 5.67. The van der Waals surface area contributed by atoms with E-state index in [9.17, 15) is 4.79 Å². The first-order valence-corrected chi connectivity index (χ1v) is 5.34. The Hall–Kier alpha value is -1.13. The van der Waals surface area contributed by atoms with Crippen LogP contribution in [0.25, 0.3) is 0 Å². The zero-order chi connectivity index (χ0) is 12.2. The van der Waals surface area contributed by atoms with Gasteiger partial charge in [0, 0.05) is 26.5 Å². The largest absolute Gasteiger partial charge is 0.427 e. The molecule has 0 saturated carbocycles. The summed E-state index contributed by atoms with van der Waals surface area (Å²) in [5.41, 5.74) is -0.363. The fraction of sp³-hybridized carbons (Fsp3) is 0.583. The number of hydrogen-bond acceptors (Lipinski definition) is 4. The Labute approximate surface area is 96.3 Å². The lowest BCUT2D eigenvalue weighted by molar-refractivity contribution is -0.136. The molecule has 0 aromatic rings. The number of ether oxygens (including phenoxy) is 2. The Bertz CT molecular complexity index is 322. The average molecular weight is 225 g/mol. The molecule has 0 spiro atoms.